The molecule has 194 valence electrons. The van der Waals surface area contributed by atoms with Crippen molar-refractivity contribution in [2.24, 2.45) is 5.73 Å². The summed E-state index contributed by atoms with van der Waals surface area (Å²) in [5.41, 5.74) is 8.09. The molecule has 0 aliphatic heterocycles. The van der Waals surface area contributed by atoms with Gasteiger partial charge in [0.2, 0.25) is 11.8 Å². The number of carbonyl (C=O) groups excluding carboxylic acids is 3. The fourth-order valence-corrected chi connectivity index (χ4v) is 3.81. The van der Waals surface area contributed by atoms with Crippen LogP contribution in [0.4, 0.5) is 4.79 Å². The fourth-order valence-electron chi connectivity index (χ4n) is 3.81. The van der Waals surface area contributed by atoms with Crippen LogP contribution in [0, 0.1) is 13.8 Å². The number of aryl methyl sites for hydroxylation is 2. The van der Waals surface area contributed by atoms with E-state index in [0.29, 0.717) is 0 Å². The minimum Gasteiger partial charge on any atom is -0.508 e. The lowest BCUT2D eigenvalue weighted by Gasteiger charge is -2.31. The number of alkyl carbamates (subject to hydrolysis) is 1. The third-order valence-electron chi connectivity index (χ3n) is 5.65. The van der Waals surface area contributed by atoms with Gasteiger partial charge in [-0.2, -0.15) is 0 Å². The molecule has 8 heteroatoms. The van der Waals surface area contributed by atoms with Crippen LogP contribution in [0.5, 0.6) is 5.75 Å². The lowest BCUT2D eigenvalue weighted by Crippen LogP contribution is -2.55. The third kappa shape index (κ3) is 8.45. The van der Waals surface area contributed by atoms with Crippen molar-refractivity contribution in [1.29, 1.82) is 0 Å². The summed E-state index contributed by atoms with van der Waals surface area (Å²) >= 11 is 0. The number of carbonyl (C=O) groups is 3. The van der Waals surface area contributed by atoms with Gasteiger partial charge in [0.15, 0.2) is 0 Å². The van der Waals surface area contributed by atoms with E-state index in [9.17, 15) is 19.5 Å². The molecule has 2 atom stereocenters. The number of nitrogens with zero attached hydrogens (tertiary/aromatic N) is 1. The number of hydrogen-bond donors (Lipinski definition) is 3. The van der Waals surface area contributed by atoms with Gasteiger partial charge < -0.3 is 25.8 Å². The zero-order valence-corrected chi connectivity index (χ0v) is 21.9. The third-order valence-corrected chi connectivity index (χ3v) is 5.65. The molecular formula is C28H37N3O5. The molecule has 0 heterocycles. The number of primary amides is 1. The summed E-state index contributed by atoms with van der Waals surface area (Å²) in [7, 11) is 0. The van der Waals surface area contributed by atoms with Gasteiger partial charge in [0.1, 0.15) is 23.4 Å². The maximum Gasteiger partial charge on any atom is 0.408 e. The van der Waals surface area contributed by atoms with E-state index in [0.717, 1.165) is 22.3 Å². The number of phenols is 1. The molecule has 0 aliphatic rings. The number of hydrogen-bond acceptors (Lipinski definition) is 5. The van der Waals surface area contributed by atoms with E-state index < -0.39 is 35.6 Å². The lowest BCUT2D eigenvalue weighted by molar-refractivity contribution is -0.139. The number of rotatable bonds is 9. The van der Waals surface area contributed by atoms with E-state index in [1.54, 1.807) is 45.9 Å². The van der Waals surface area contributed by atoms with Crippen LogP contribution in [-0.4, -0.2) is 52.1 Å². The van der Waals surface area contributed by atoms with E-state index in [2.05, 4.69) is 5.32 Å². The highest BCUT2D eigenvalue weighted by molar-refractivity contribution is 5.91. The molecule has 0 fully saturated rings. The molecule has 1 unspecified atom stereocenters. The lowest BCUT2D eigenvalue weighted by atomic mass is 9.95. The highest BCUT2D eigenvalue weighted by Gasteiger charge is 2.32. The first-order valence-electron chi connectivity index (χ1n) is 11.9. The van der Waals surface area contributed by atoms with Crippen LogP contribution >= 0.6 is 0 Å². The van der Waals surface area contributed by atoms with Gasteiger partial charge in [0.05, 0.1) is 0 Å². The summed E-state index contributed by atoms with van der Waals surface area (Å²) in [4.78, 5) is 39.9. The van der Waals surface area contributed by atoms with Crippen molar-refractivity contribution in [2.45, 2.75) is 65.6 Å². The van der Waals surface area contributed by atoms with E-state index in [-0.39, 0.29) is 18.7 Å². The van der Waals surface area contributed by atoms with Crippen molar-refractivity contribution >= 4 is 24.0 Å². The first kappa shape index (κ1) is 28.4. The Kier molecular flexibility index (Phi) is 9.67. The molecule has 0 saturated heterocycles. The first-order chi connectivity index (χ1) is 16.8. The number of phenolic OH excluding ortho intramolecular Hbond substituents is 1. The molecule has 2 rings (SSSR count). The molecular weight excluding hydrogens is 458 g/mol. The summed E-state index contributed by atoms with van der Waals surface area (Å²) in [5.74, 6) is -1.02. The van der Waals surface area contributed by atoms with Crippen LogP contribution in [0.1, 0.15) is 49.9 Å². The Bertz CT molecular complexity index is 1080. The average molecular weight is 496 g/mol. The molecule has 36 heavy (non-hydrogen) atoms. The van der Waals surface area contributed by atoms with Crippen LogP contribution < -0.4 is 11.1 Å². The molecule has 0 spiro atoms. The van der Waals surface area contributed by atoms with E-state index >= 15 is 0 Å². The molecule has 2 aromatic rings. The maximum atomic E-state index is 13.8. The number of benzene rings is 2. The second kappa shape index (κ2) is 12.2. The number of amides is 3. The number of nitrogens with one attached hydrogen (secondary N) is 1. The van der Waals surface area contributed by atoms with Crippen LogP contribution in [0.2, 0.25) is 0 Å². The van der Waals surface area contributed by atoms with Crippen molar-refractivity contribution < 1.29 is 24.2 Å². The molecule has 4 N–H and O–H groups in total. The molecule has 0 aromatic heterocycles. The Morgan fingerprint density at radius 2 is 1.69 bits per heavy atom. The molecule has 2 aromatic carbocycles. The molecule has 8 nitrogen and oxygen atoms in total. The Labute approximate surface area is 213 Å². The minimum atomic E-state index is -1.03. The van der Waals surface area contributed by atoms with Crippen LogP contribution in [-0.2, 0) is 20.7 Å². The summed E-state index contributed by atoms with van der Waals surface area (Å²) in [6, 6.07) is 10.8. The van der Waals surface area contributed by atoms with Crippen molar-refractivity contribution in [3.05, 3.63) is 70.8 Å². The Hall–Kier alpha value is -3.81. The Morgan fingerprint density at radius 3 is 2.22 bits per heavy atom. The van der Waals surface area contributed by atoms with Gasteiger partial charge in [-0.25, -0.2) is 4.79 Å². The maximum absolute atomic E-state index is 13.8. The summed E-state index contributed by atoms with van der Waals surface area (Å²) in [6.45, 7) is 10.5. The van der Waals surface area contributed by atoms with Gasteiger partial charge >= 0.3 is 6.09 Å². The average Bonchev–Trinajstić information content (AvgIpc) is 2.76. The highest BCUT2D eigenvalue weighted by atomic mass is 16.6. The van der Waals surface area contributed by atoms with Crippen LogP contribution in [0.3, 0.4) is 0 Å². The number of aromatic hydroxyl groups is 1. The van der Waals surface area contributed by atoms with Crippen LogP contribution in [0.25, 0.3) is 6.08 Å². The van der Waals surface area contributed by atoms with Crippen molar-refractivity contribution in [3.63, 3.8) is 0 Å². The second-order valence-electron chi connectivity index (χ2n) is 9.84. The largest absolute Gasteiger partial charge is 0.508 e. The van der Waals surface area contributed by atoms with Gasteiger partial charge in [-0.05, 0) is 75.9 Å². The van der Waals surface area contributed by atoms with E-state index in [1.807, 2.05) is 50.3 Å². The van der Waals surface area contributed by atoms with Gasteiger partial charge in [-0.15, -0.1) is 0 Å². The zero-order chi connectivity index (χ0) is 27.0. The van der Waals surface area contributed by atoms with Crippen molar-refractivity contribution in [2.75, 3.05) is 6.54 Å². The Morgan fingerprint density at radius 1 is 1.11 bits per heavy atom. The van der Waals surface area contributed by atoms with Crippen molar-refractivity contribution in [3.8, 4) is 5.75 Å². The van der Waals surface area contributed by atoms with Crippen molar-refractivity contribution in [1.82, 2.24) is 10.2 Å². The van der Waals surface area contributed by atoms with Gasteiger partial charge in [0.25, 0.3) is 0 Å². The predicted octanol–water partition coefficient (Wildman–Crippen LogP) is 3.86. The van der Waals surface area contributed by atoms with E-state index in [1.165, 1.54) is 4.90 Å². The highest BCUT2D eigenvalue weighted by Crippen LogP contribution is 2.23. The molecule has 0 saturated carbocycles. The standard InChI is InChI=1S/C28H37N3O5/c1-18-15-22(32)16-19(2)23(18)17-24(30-27(35)36-28(4,5)6)26(34)31(20(3)25(29)33)14-10-13-21-11-8-7-9-12-21/h7-13,15-16,20,24,32H,14,17H2,1-6H3,(H2,29,33)(H,30,35)/b13-10-/t20-,24?/m1/s1. The molecule has 3 amide bonds. The van der Waals surface area contributed by atoms with Gasteiger partial charge in [-0.1, -0.05) is 42.5 Å². The Balaban J connectivity index is 2.40. The number of ether oxygens (including phenoxy) is 1. The monoisotopic (exact) mass is 495 g/mol. The normalized spacial score (nSPS) is 13.2. The quantitative estimate of drug-likeness (QED) is 0.488. The smallest absolute Gasteiger partial charge is 0.408 e. The van der Waals surface area contributed by atoms with Gasteiger partial charge in [-0.3, -0.25) is 9.59 Å². The molecule has 0 radical (unpaired) electrons. The van der Waals surface area contributed by atoms with E-state index in [4.69, 9.17) is 10.5 Å². The minimum absolute atomic E-state index is 0.109. The first-order valence-corrected chi connectivity index (χ1v) is 11.9. The predicted molar refractivity (Wildman–Crippen MR) is 140 cm³/mol. The zero-order valence-electron chi connectivity index (χ0n) is 21.9. The summed E-state index contributed by atoms with van der Waals surface area (Å²) in [6.07, 6.45) is 3.01. The second-order valence-corrected chi connectivity index (χ2v) is 9.84. The summed E-state index contributed by atoms with van der Waals surface area (Å²) < 4.78 is 5.40. The topological polar surface area (TPSA) is 122 Å². The SMILES string of the molecule is Cc1cc(O)cc(C)c1CC(NC(=O)OC(C)(C)C)C(=O)N(C/C=C\c1ccccc1)[C@H](C)C(N)=O. The van der Waals surface area contributed by atoms with Crippen LogP contribution in [0.15, 0.2) is 48.5 Å². The van der Waals surface area contributed by atoms with Gasteiger partial charge in [0, 0.05) is 13.0 Å². The summed E-state index contributed by atoms with van der Waals surface area (Å²) in [5, 5.41) is 12.6. The number of nitrogens with two attached hydrogens (primary N) is 1. The molecule has 0 aliphatic carbocycles. The fraction of sp³-hybridized carbons (Fsp3) is 0.393. The molecule has 0 bridgehead atoms.